The van der Waals surface area contributed by atoms with E-state index in [0.29, 0.717) is 16.5 Å². The van der Waals surface area contributed by atoms with Crippen molar-refractivity contribution in [2.75, 3.05) is 36.5 Å². The van der Waals surface area contributed by atoms with Crippen molar-refractivity contribution >= 4 is 34.9 Å². The Labute approximate surface area is 169 Å². The predicted octanol–water partition coefficient (Wildman–Crippen LogP) is 3.81. The van der Waals surface area contributed by atoms with E-state index in [1.54, 1.807) is 24.3 Å². The molecule has 0 aliphatic carbocycles. The average Bonchev–Trinajstić information content (AvgIpc) is 3.22. The van der Waals surface area contributed by atoms with E-state index in [4.69, 9.17) is 21.1 Å². The molecule has 1 fully saturated rings. The lowest BCUT2D eigenvalue weighted by Gasteiger charge is -2.19. The van der Waals surface area contributed by atoms with Crippen LogP contribution in [0.25, 0.3) is 0 Å². The Morgan fingerprint density at radius 3 is 2.57 bits per heavy atom. The van der Waals surface area contributed by atoms with Crippen LogP contribution in [0.3, 0.4) is 0 Å². The number of ether oxygens (including phenoxy) is 2. The number of halogens is 1. The molecule has 1 aliphatic rings. The Balaban J connectivity index is 1.45. The maximum absolute atomic E-state index is 12.1. The standard InChI is InChI=1S/C21H23ClN2O4/c1-15-12-16(24-10-4-5-11-24)8-9-18(15)23-20(25)13-28-21(26)14-27-19-7-3-2-6-17(19)22/h2-3,6-9,12H,4-5,10-11,13-14H2,1H3,(H,23,25). The third-order valence-corrected chi connectivity index (χ3v) is 4.81. The topological polar surface area (TPSA) is 67.9 Å². The van der Waals surface area contributed by atoms with E-state index in [1.807, 2.05) is 19.1 Å². The van der Waals surface area contributed by atoms with Crippen molar-refractivity contribution in [3.63, 3.8) is 0 Å². The number of rotatable bonds is 7. The number of para-hydroxylation sites is 1. The zero-order valence-corrected chi connectivity index (χ0v) is 16.5. The van der Waals surface area contributed by atoms with Gasteiger partial charge in [-0.15, -0.1) is 0 Å². The van der Waals surface area contributed by atoms with Crippen molar-refractivity contribution < 1.29 is 19.1 Å². The van der Waals surface area contributed by atoms with Crippen molar-refractivity contribution in [1.29, 1.82) is 0 Å². The summed E-state index contributed by atoms with van der Waals surface area (Å²) in [5.74, 6) is -0.654. The lowest BCUT2D eigenvalue weighted by Crippen LogP contribution is -2.24. The van der Waals surface area contributed by atoms with Crippen LogP contribution in [0.15, 0.2) is 42.5 Å². The minimum Gasteiger partial charge on any atom is -0.480 e. The quantitative estimate of drug-likeness (QED) is 0.713. The second-order valence-corrected chi connectivity index (χ2v) is 7.03. The molecule has 0 bridgehead atoms. The molecular formula is C21H23ClN2O4. The van der Waals surface area contributed by atoms with Crippen molar-refractivity contribution in [1.82, 2.24) is 0 Å². The minimum atomic E-state index is -0.642. The molecule has 2 aromatic rings. The molecule has 0 unspecified atom stereocenters. The van der Waals surface area contributed by atoms with Crippen molar-refractivity contribution in [2.45, 2.75) is 19.8 Å². The van der Waals surface area contributed by atoms with Gasteiger partial charge in [-0.05, 0) is 55.7 Å². The van der Waals surface area contributed by atoms with Gasteiger partial charge < -0.3 is 19.7 Å². The van der Waals surface area contributed by atoms with Gasteiger partial charge in [-0.2, -0.15) is 0 Å². The van der Waals surface area contributed by atoms with Crippen molar-refractivity contribution in [3.05, 3.63) is 53.1 Å². The van der Waals surface area contributed by atoms with Crippen LogP contribution in [-0.2, 0) is 14.3 Å². The second kappa shape index (κ2) is 9.46. The van der Waals surface area contributed by atoms with Crippen LogP contribution in [0.2, 0.25) is 5.02 Å². The van der Waals surface area contributed by atoms with Crippen LogP contribution in [0, 0.1) is 6.92 Å². The molecule has 1 saturated heterocycles. The van der Waals surface area contributed by atoms with Gasteiger partial charge in [0.05, 0.1) is 5.02 Å². The van der Waals surface area contributed by atoms with Crippen molar-refractivity contribution in [2.24, 2.45) is 0 Å². The second-order valence-electron chi connectivity index (χ2n) is 6.62. The molecular weight excluding hydrogens is 380 g/mol. The van der Waals surface area contributed by atoms with E-state index in [9.17, 15) is 9.59 Å². The Kier molecular flexibility index (Phi) is 6.76. The monoisotopic (exact) mass is 402 g/mol. The summed E-state index contributed by atoms with van der Waals surface area (Å²) in [6, 6.07) is 12.8. The first-order chi connectivity index (χ1) is 13.5. The molecule has 1 amide bonds. The lowest BCUT2D eigenvalue weighted by atomic mass is 10.1. The van der Waals surface area contributed by atoms with Gasteiger partial charge in [-0.1, -0.05) is 23.7 Å². The first-order valence-corrected chi connectivity index (χ1v) is 9.59. The normalized spacial score (nSPS) is 13.3. The number of amides is 1. The molecule has 6 nitrogen and oxygen atoms in total. The summed E-state index contributed by atoms with van der Waals surface area (Å²) in [4.78, 5) is 26.2. The summed E-state index contributed by atoms with van der Waals surface area (Å²) in [6.45, 7) is 3.38. The average molecular weight is 403 g/mol. The summed E-state index contributed by atoms with van der Waals surface area (Å²) in [5.41, 5.74) is 2.83. The molecule has 0 aromatic heterocycles. The molecule has 0 radical (unpaired) electrons. The lowest BCUT2D eigenvalue weighted by molar-refractivity contribution is -0.149. The van der Waals surface area contributed by atoms with E-state index in [2.05, 4.69) is 16.3 Å². The Morgan fingerprint density at radius 1 is 1.11 bits per heavy atom. The van der Waals surface area contributed by atoms with Gasteiger partial charge in [0.25, 0.3) is 5.91 Å². The van der Waals surface area contributed by atoms with E-state index in [0.717, 1.165) is 24.3 Å². The maximum Gasteiger partial charge on any atom is 0.344 e. The summed E-state index contributed by atoms with van der Waals surface area (Å²) in [6.07, 6.45) is 2.42. The third kappa shape index (κ3) is 5.39. The number of aryl methyl sites for hydroxylation is 1. The fourth-order valence-electron chi connectivity index (χ4n) is 3.03. The Bertz CT molecular complexity index is 850. The fourth-order valence-corrected chi connectivity index (χ4v) is 3.22. The van der Waals surface area contributed by atoms with E-state index >= 15 is 0 Å². The minimum absolute atomic E-state index is 0.319. The largest absolute Gasteiger partial charge is 0.480 e. The third-order valence-electron chi connectivity index (χ3n) is 4.50. The Morgan fingerprint density at radius 2 is 1.86 bits per heavy atom. The summed E-state index contributed by atoms with van der Waals surface area (Å²) in [7, 11) is 0. The SMILES string of the molecule is Cc1cc(N2CCCC2)ccc1NC(=O)COC(=O)COc1ccccc1Cl. The summed E-state index contributed by atoms with van der Waals surface area (Å²) < 4.78 is 10.2. The first-order valence-electron chi connectivity index (χ1n) is 9.21. The van der Waals surface area contributed by atoms with Crippen LogP contribution >= 0.6 is 11.6 Å². The van der Waals surface area contributed by atoms with E-state index in [-0.39, 0.29) is 13.2 Å². The smallest absolute Gasteiger partial charge is 0.344 e. The van der Waals surface area contributed by atoms with Crippen LogP contribution in [-0.4, -0.2) is 38.2 Å². The predicted molar refractivity (Wildman–Crippen MR) is 109 cm³/mol. The number of carbonyl (C=O) groups is 2. The van der Waals surface area contributed by atoms with Gasteiger partial charge in [-0.25, -0.2) is 4.79 Å². The number of benzene rings is 2. The van der Waals surface area contributed by atoms with Gasteiger partial charge in [0.2, 0.25) is 0 Å². The number of nitrogens with zero attached hydrogens (tertiary/aromatic N) is 1. The van der Waals surface area contributed by atoms with Gasteiger partial charge >= 0.3 is 5.97 Å². The highest BCUT2D eigenvalue weighted by atomic mass is 35.5. The zero-order chi connectivity index (χ0) is 19.9. The molecule has 0 spiro atoms. The van der Waals surface area contributed by atoms with Crippen LogP contribution in [0.4, 0.5) is 11.4 Å². The summed E-state index contributed by atoms with van der Waals surface area (Å²) in [5, 5.41) is 3.17. The molecule has 3 rings (SSSR count). The van der Waals surface area contributed by atoms with Gasteiger partial charge in [0, 0.05) is 24.5 Å². The highest BCUT2D eigenvalue weighted by molar-refractivity contribution is 6.32. The number of hydrogen-bond donors (Lipinski definition) is 1. The number of anilines is 2. The summed E-state index contributed by atoms with van der Waals surface area (Å²) >= 11 is 5.95. The van der Waals surface area contributed by atoms with Crippen LogP contribution < -0.4 is 15.0 Å². The maximum atomic E-state index is 12.1. The molecule has 1 heterocycles. The molecule has 1 N–H and O–H groups in total. The molecule has 0 saturated carbocycles. The van der Waals surface area contributed by atoms with Crippen LogP contribution in [0.1, 0.15) is 18.4 Å². The van der Waals surface area contributed by atoms with E-state index < -0.39 is 11.9 Å². The molecule has 1 aliphatic heterocycles. The molecule has 7 heteroatoms. The number of carbonyl (C=O) groups excluding carboxylic acids is 2. The molecule has 28 heavy (non-hydrogen) atoms. The first kappa shape index (κ1) is 20.0. The zero-order valence-electron chi connectivity index (χ0n) is 15.7. The highest BCUT2D eigenvalue weighted by Crippen LogP contribution is 2.25. The van der Waals surface area contributed by atoms with Gasteiger partial charge in [0.1, 0.15) is 5.75 Å². The Hall–Kier alpha value is -2.73. The van der Waals surface area contributed by atoms with Gasteiger partial charge in [-0.3, -0.25) is 4.79 Å². The van der Waals surface area contributed by atoms with Crippen LogP contribution in [0.5, 0.6) is 5.75 Å². The molecule has 148 valence electrons. The highest BCUT2D eigenvalue weighted by Gasteiger charge is 2.14. The molecule has 0 atom stereocenters. The fraction of sp³-hybridized carbons (Fsp3) is 0.333. The number of nitrogens with one attached hydrogen (secondary N) is 1. The van der Waals surface area contributed by atoms with Crippen molar-refractivity contribution in [3.8, 4) is 5.75 Å². The number of hydrogen-bond acceptors (Lipinski definition) is 5. The number of esters is 1. The van der Waals surface area contributed by atoms with E-state index in [1.165, 1.54) is 12.8 Å². The molecule has 2 aromatic carbocycles. The van der Waals surface area contributed by atoms with Gasteiger partial charge in [0.15, 0.2) is 13.2 Å².